The molecule has 2 rings (SSSR count). The van der Waals surface area contributed by atoms with Crippen molar-refractivity contribution in [2.45, 2.75) is 43.7 Å². The molecule has 1 spiro atoms. The molecule has 0 aromatic rings. The van der Waals surface area contributed by atoms with E-state index in [4.69, 9.17) is 14.2 Å². The molecule has 4 atom stereocenters. The van der Waals surface area contributed by atoms with Gasteiger partial charge < -0.3 is 18.9 Å². The summed E-state index contributed by atoms with van der Waals surface area (Å²) < 4.78 is 23.2. The molecule has 112 valence electrons. The number of hydrogen-bond acceptors (Lipinski definition) is 6. The third-order valence-corrected chi connectivity index (χ3v) is 3.85. The van der Waals surface area contributed by atoms with E-state index in [0.717, 1.165) is 0 Å². The van der Waals surface area contributed by atoms with E-state index in [2.05, 4.69) is 27.3 Å². The van der Waals surface area contributed by atoms with Crippen molar-refractivity contribution in [1.29, 1.82) is 0 Å². The van der Waals surface area contributed by atoms with Crippen molar-refractivity contribution in [3.8, 4) is 0 Å². The van der Waals surface area contributed by atoms with Crippen LogP contribution >= 0.6 is 22.6 Å². The number of hydrogen-bond donors (Lipinski definition) is 0. The Kier molecular flexibility index (Phi) is 5.03. The molecule has 20 heavy (non-hydrogen) atoms. The lowest BCUT2D eigenvalue weighted by molar-refractivity contribution is -0.181. The standard InChI is InChI=1S/C13H17IO6/c1-8(15)19-12-10(3-4-14)20-9(5-11(16)17-2)6-13(12)7-18-13/h3-4,9-10,12H,5-7H2,1-2H3/b4-3+/t9-,10-,12-,13-/m1/s1. The molecule has 2 heterocycles. The summed E-state index contributed by atoms with van der Waals surface area (Å²) in [6.07, 6.45) is 1.31. The molecule has 2 aliphatic heterocycles. The highest BCUT2D eigenvalue weighted by molar-refractivity contribution is 14.1. The Bertz CT molecular complexity index is 417. The second-order valence-electron chi connectivity index (χ2n) is 4.91. The number of esters is 2. The topological polar surface area (TPSA) is 74.4 Å². The van der Waals surface area contributed by atoms with E-state index in [-0.39, 0.29) is 24.5 Å². The lowest BCUT2D eigenvalue weighted by Gasteiger charge is -2.38. The minimum absolute atomic E-state index is 0.167. The summed E-state index contributed by atoms with van der Waals surface area (Å²) in [4.78, 5) is 22.6. The molecule has 0 aromatic carbocycles. The Morgan fingerprint density at radius 3 is 2.70 bits per heavy atom. The number of halogens is 1. The normalized spacial score (nSPS) is 36.0. The highest BCUT2D eigenvalue weighted by Crippen LogP contribution is 2.45. The molecule has 0 amide bonds. The van der Waals surface area contributed by atoms with Gasteiger partial charge in [-0.05, 0) is 10.2 Å². The van der Waals surface area contributed by atoms with Gasteiger partial charge in [-0.25, -0.2) is 0 Å². The van der Waals surface area contributed by atoms with E-state index >= 15 is 0 Å². The largest absolute Gasteiger partial charge is 0.469 e. The van der Waals surface area contributed by atoms with Crippen LogP contribution in [0.2, 0.25) is 0 Å². The number of methoxy groups -OCH3 is 1. The minimum atomic E-state index is -0.524. The van der Waals surface area contributed by atoms with E-state index in [1.807, 2.05) is 0 Å². The molecular weight excluding hydrogens is 379 g/mol. The summed E-state index contributed by atoms with van der Waals surface area (Å²) in [7, 11) is 1.35. The first-order valence-corrected chi connectivity index (χ1v) is 7.55. The maximum atomic E-state index is 11.4. The molecule has 0 aromatic heterocycles. The van der Waals surface area contributed by atoms with Gasteiger partial charge in [0, 0.05) is 13.3 Å². The fraction of sp³-hybridized carbons (Fsp3) is 0.692. The molecule has 7 heteroatoms. The third-order valence-electron chi connectivity index (χ3n) is 3.43. The van der Waals surface area contributed by atoms with E-state index in [1.165, 1.54) is 14.0 Å². The zero-order chi connectivity index (χ0) is 14.8. The molecule has 0 N–H and O–H groups in total. The van der Waals surface area contributed by atoms with Crippen LogP contribution in [0.1, 0.15) is 19.8 Å². The van der Waals surface area contributed by atoms with Crippen molar-refractivity contribution in [2.75, 3.05) is 13.7 Å². The van der Waals surface area contributed by atoms with Gasteiger partial charge in [0.05, 0.1) is 26.2 Å². The maximum Gasteiger partial charge on any atom is 0.308 e. The summed E-state index contributed by atoms with van der Waals surface area (Å²) in [6.45, 7) is 1.87. The first kappa shape index (κ1) is 15.7. The van der Waals surface area contributed by atoms with Crippen LogP contribution < -0.4 is 0 Å². The highest BCUT2D eigenvalue weighted by Gasteiger charge is 2.60. The first-order valence-electron chi connectivity index (χ1n) is 6.31. The molecule has 2 saturated heterocycles. The van der Waals surface area contributed by atoms with Gasteiger partial charge in [-0.15, -0.1) is 0 Å². The van der Waals surface area contributed by atoms with Crippen molar-refractivity contribution in [3.63, 3.8) is 0 Å². The van der Waals surface area contributed by atoms with Crippen LogP contribution in [0.15, 0.2) is 10.2 Å². The molecule has 2 aliphatic rings. The second kappa shape index (κ2) is 6.40. The van der Waals surface area contributed by atoms with Gasteiger partial charge >= 0.3 is 11.9 Å². The van der Waals surface area contributed by atoms with Gasteiger partial charge in [-0.2, -0.15) is 0 Å². The molecule has 0 unspecified atom stereocenters. The Balaban J connectivity index is 2.12. The highest BCUT2D eigenvalue weighted by atomic mass is 127. The van der Waals surface area contributed by atoms with Gasteiger partial charge in [0.15, 0.2) is 6.10 Å². The summed E-state index contributed by atoms with van der Waals surface area (Å²) in [5.41, 5.74) is -0.524. The van der Waals surface area contributed by atoms with Crippen LogP contribution in [0.25, 0.3) is 0 Å². The van der Waals surface area contributed by atoms with Crippen LogP contribution in [-0.2, 0) is 28.5 Å². The minimum Gasteiger partial charge on any atom is -0.469 e. The van der Waals surface area contributed by atoms with Gasteiger partial charge in [0.2, 0.25) is 0 Å². The summed E-state index contributed by atoms with van der Waals surface area (Å²) >= 11 is 2.07. The quantitative estimate of drug-likeness (QED) is 0.406. The van der Waals surface area contributed by atoms with Crippen LogP contribution in [-0.4, -0.2) is 49.6 Å². The van der Waals surface area contributed by atoms with Crippen molar-refractivity contribution >= 4 is 34.5 Å². The molecule has 0 saturated carbocycles. The number of rotatable bonds is 4. The maximum absolute atomic E-state index is 11.4. The van der Waals surface area contributed by atoms with Crippen molar-refractivity contribution in [1.82, 2.24) is 0 Å². The zero-order valence-electron chi connectivity index (χ0n) is 11.3. The molecule has 6 nitrogen and oxygen atoms in total. The zero-order valence-corrected chi connectivity index (χ0v) is 13.5. The van der Waals surface area contributed by atoms with E-state index < -0.39 is 17.8 Å². The lowest BCUT2D eigenvalue weighted by atomic mass is 9.87. The second-order valence-corrected chi connectivity index (χ2v) is 5.63. The average Bonchev–Trinajstić information content (AvgIpc) is 3.14. The van der Waals surface area contributed by atoms with Gasteiger partial charge in [0.1, 0.15) is 11.7 Å². The predicted octanol–water partition coefficient (Wildman–Crippen LogP) is 1.36. The Morgan fingerprint density at radius 2 is 2.20 bits per heavy atom. The Hall–Kier alpha value is -0.670. The molecular formula is C13H17IO6. The van der Waals surface area contributed by atoms with Gasteiger partial charge in [-0.1, -0.05) is 22.6 Å². The summed E-state index contributed by atoms with van der Waals surface area (Å²) in [6, 6.07) is 0. The van der Waals surface area contributed by atoms with E-state index in [1.54, 1.807) is 10.2 Å². The van der Waals surface area contributed by atoms with Crippen LogP contribution in [0.3, 0.4) is 0 Å². The molecule has 0 radical (unpaired) electrons. The van der Waals surface area contributed by atoms with E-state index in [9.17, 15) is 9.59 Å². The fourth-order valence-electron chi connectivity index (χ4n) is 2.48. The molecule has 0 aliphatic carbocycles. The first-order chi connectivity index (χ1) is 9.50. The fourth-order valence-corrected chi connectivity index (χ4v) is 2.89. The number of carbonyl (C=O) groups excluding carboxylic acids is 2. The van der Waals surface area contributed by atoms with Gasteiger partial charge in [0.25, 0.3) is 0 Å². The lowest BCUT2D eigenvalue weighted by Crippen LogP contribution is -2.52. The Labute approximate surface area is 130 Å². The summed E-state index contributed by atoms with van der Waals surface area (Å²) in [5.74, 6) is -0.694. The molecule has 0 bridgehead atoms. The number of epoxide rings is 1. The van der Waals surface area contributed by atoms with Crippen molar-refractivity contribution < 1.29 is 28.5 Å². The monoisotopic (exact) mass is 396 g/mol. The average molecular weight is 396 g/mol. The number of carbonyl (C=O) groups is 2. The number of ether oxygens (including phenoxy) is 4. The van der Waals surface area contributed by atoms with Crippen molar-refractivity contribution in [2.24, 2.45) is 0 Å². The molecule has 2 fully saturated rings. The smallest absolute Gasteiger partial charge is 0.308 e. The van der Waals surface area contributed by atoms with E-state index in [0.29, 0.717) is 13.0 Å². The predicted molar refractivity (Wildman–Crippen MR) is 77.3 cm³/mol. The Morgan fingerprint density at radius 1 is 1.50 bits per heavy atom. The SMILES string of the molecule is COC(=O)C[C@@H]1C[C@@]2(CO2)[C@H](OC(C)=O)[C@@H](/C=C/I)O1. The van der Waals surface area contributed by atoms with Crippen LogP contribution in [0.5, 0.6) is 0 Å². The van der Waals surface area contributed by atoms with Crippen molar-refractivity contribution in [3.05, 3.63) is 10.2 Å². The third kappa shape index (κ3) is 3.50. The summed E-state index contributed by atoms with van der Waals surface area (Å²) in [5, 5.41) is 0. The van der Waals surface area contributed by atoms with Crippen LogP contribution in [0, 0.1) is 0 Å². The van der Waals surface area contributed by atoms with Gasteiger partial charge in [-0.3, -0.25) is 9.59 Å². The van der Waals surface area contributed by atoms with Crippen LogP contribution in [0.4, 0.5) is 0 Å².